The fourth-order valence-electron chi connectivity index (χ4n) is 4.05. The third-order valence-corrected chi connectivity index (χ3v) is 5.75. The average Bonchev–Trinajstić information content (AvgIpc) is 3.44. The minimum absolute atomic E-state index is 0.256. The first kappa shape index (κ1) is 22.9. The summed E-state index contributed by atoms with van der Waals surface area (Å²) < 4.78 is 9.18. The Bertz CT molecular complexity index is 1570. The molecule has 3 aromatic carbocycles. The molecule has 0 saturated heterocycles. The van der Waals surface area contributed by atoms with Gasteiger partial charge in [-0.15, -0.1) is 0 Å². The fraction of sp³-hybridized carbons (Fsp3) is 0.143. The number of amides is 1. The van der Waals surface area contributed by atoms with Crippen LogP contribution in [0.25, 0.3) is 17.0 Å². The van der Waals surface area contributed by atoms with Crippen LogP contribution in [0.4, 0.5) is 5.82 Å². The molecule has 0 unspecified atom stereocenters. The maximum Gasteiger partial charge on any atom is 0.256 e. The Morgan fingerprint density at radius 1 is 1.06 bits per heavy atom. The summed E-state index contributed by atoms with van der Waals surface area (Å²) in [5, 5.41) is 16.8. The second kappa shape index (κ2) is 9.76. The van der Waals surface area contributed by atoms with Crippen molar-refractivity contribution in [2.45, 2.75) is 20.4 Å². The number of rotatable bonds is 7. The van der Waals surface area contributed by atoms with Crippen molar-refractivity contribution >= 4 is 22.8 Å². The molecule has 2 aromatic heterocycles. The predicted molar refractivity (Wildman–Crippen MR) is 137 cm³/mol. The van der Waals surface area contributed by atoms with Crippen molar-refractivity contribution < 1.29 is 9.53 Å². The molecule has 8 nitrogen and oxygen atoms in total. The van der Waals surface area contributed by atoms with E-state index >= 15 is 0 Å². The molecule has 178 valence electrons. The Balaban J connectivity index is 1.52. The van der Waals surface area contributed by atoms with Gasteiger partial charge < -0.3 is 14.6 Å². The zero-order valence-corrected chi connectivity index (χ0v) is 20.0. The molecule has 0 saturated carbocycles. The molecule has 0 bridgehead atoms. The van der Waals surface area contributed by atoms with Crippen molar-refractivity contribution in [3.63, 3.8) is 0 Å². The number of hydrogen-bond acceptors (Lipinski definition) is 5. The fourth-order valence-corrected chi connectivity index (χ4v) is 4.05. The molecule has 36 heavy (non-hydrogen) atoms. The van der Waals surface area contributed by atoms with Crippen molar-refractivity contribution in [2.24, 2.45) is 0 Å². The molecular weight excluding hydrogens is 452 g/mol. The van der Waals surface area contributed by atoms with Crippen molar-refractivity contribution in [3.8, 4) is 17.8 Å². The number of nitrogens with zero attached hydrogens (tertiary/aromatic N) is 5. The summed E-state index contributed by atoms with van der Waals surface area (Å²) in [5.41, 5.74) is 4.63. The normalized spacial score (nSPS) is 10.8. The quantitative estimate of drug-likeness (QED) is 0.352. The number of benzene rings is 3. The topological polar surface area (TPSA) is 97.8 Å². The van der Waals surface area contributed by atoms with Crippen LogP contribution in [-0.2, 0) is 6.54 Å². The number of fused-ring (bicyclic) bond motifs is 1. The molecule has 0 spiro atoms. The van der Waals surface area contributed by atoms with E-state index in [1.165, 1.54) is 0 Å². The predicted octanol–water partition coefficient (Wildman–Crippen LogP) is 5.10. The van der Waals surface area contributed by atoms with Gasteiger partial charge in [-0.3, -0.25) is 4.79 Å². The van der Waals surface area contributed by atoms with Gasteiger partial charge in [-0.05, 0) is 67.9 Å². The van der Waals surface area contributed by atoms with Crippen LogP contribution >= 0.6 is 0 Å². The van der Waals surface area contributed by atoms with Crippen LogP contribution < -0.4 is 10.1 Å². The molecule has 8 heteroatoms. The second-order valence-electron chi connectivity index (χ2n) is 8.29. The number of nitrogens with one attached hydrogen (secondary N) is 1. The Hall–Kier alpha value is -4.90. The number of anilines is 1. The van der Waals surface area contributed by atoms with E-state index in [1.807, 2.05) is 56.3 Å². The van der Waals surface area contributed by atoms with Crippen LogP contribution in [0.2, 0.25) is 0 Å². The lowest BCUT2D eigenvalue weighted by Crippen LogP contribution is -2.17. The van der Waals surface area contributed by atoms with Crippen molar-refractivity contribution in [2.75, 3.05) is 11.9 Å². The Labute approximate surface area is 208 Å². The number of carbonyl (C=O) groups is 1. The summed E-state index contributed by atoms with van der Waals surface area (Å²) in [6, 6.07) is 26.3. The first-order valence-electron chi connectivity index (χ1n) is 11.6. The van der Waals surface area contributed by atoms with E-state index in [0.717, 1.165) is 22.3 Å². The number of ether oxygens (including phenoxy) is 1. The van der Waals surface area contributed by atoms with E-state index in [-0.39, 0.29) is 5.91 Å². The van der Waals surface area contributed by atoms with Gasteiger partial charge in [0.15, 0.2) is 0 Å². The molecule has 0 radical (unpaired) electrons. The highest BCUT2D eigenvalue weighted by atomic mass is 16.5. The van der Waals surface area contributed by atoms with Crippen molar-refractivity contribution in [1.29, 1.82) is 5.26 Å². The van der Waals surface area contributed by atoms with Crippen LogP contribution in [0, 0.1) is 18.3 Å². The third-order valence-electron chi connectivity index (χ3n) is 5.75. The molecule has 5 aromatic rings. The number of aryl methyl sites for hydroxylation is 1. The molecule has 0 aliphatic rings. The highest BCUT2D eigenvalue weighted by Gasteiger charge is 2.19. The number of hydrogen-bond donors (Lipinski definition) is 1. The van der Waals surface area contributed by atoms with Gasteiger partial charge in [0.2, 0.25) is 5.95 Å². The molecule has 1 N–H and O–H groups in total. The SMILES string of the molecule is CCOc1ccc(C(=O)Nc2cc(C)nn2-c2nc3ccccc3n2Cc2ccc(C#N)cc2)cc1. The van der Waals surface area contributed by atoms with Crippen LogP contribution in [-0.4, -0.2) is 31.8 Å². The molecule has 0 aliphatic carbocycles. The summed E-state index contributed by atoms with van der Waals surface area (Å²) in [5.74, 6) is 1.55. The molecule has 1 amide bonds. The van der Waals surface area contributed by atoms with Crippen LogP contribution in [0.5, 0.6) is 5.75 Å². The minimum atomic E-state index is -0.256. The maximum atomic E-state index is 13.0. The average molecular weight is 477 g/mol. The number of nitriles is 1. The molecule has 0 fully saturated rings. The third kappa shape index (κ3) is 4.55. The number of aromatic nitrogens is 4. The van der Waals surface area contributed by atoms with Gasteiger partial charge in [0.1, 0.15) is 11.6 Å². The van der Waals surface area contributed by atoms with E-state index in [0.29, 0.717) is 41.8 Å². The number of imidazole rings is 1. The van der Waals surface area contributed by atoms with E-state index in [2.05, 4.69) is 21.1 Å². The zero-order valence-electron chi connectivity index (χ0n) is 20.0. The lowest BCUT2D eigenvalue weighted by Gasteiger charge is -2.12. The summed E-state index contributed by atoms with van der Waals surface area (Å²) in [7, 11) is 0. The van der Waals surface area contributed by atoms with E-state index < -0.39 is 0 Å². The van der Waals surface area contributed by atoms with Crippen LogP contribution in [0.1, 0.15) is 34.1 Å². The largest absolute Gasteiger partial charge is 0.494 e. The summed E-state index contributed by atoms with van der Waals surface area (Å²) in [4.78, 5) is 17.9. The summed E-state index contributed by atoms with van der Waals surface area (Å²) in [6.07, 6.45) is 0. The van der Waals surface area contributed by atoms with Gasteiger partial charge in [-0.2, -0.15) is 15.0 Å². The van der Waals surface area contributed by atoms with Gasteiger partial charge in [-0.25, -0.2) is 4.98 Å². The van der Waals surface area contributed by atoms with Crippen LogP contribution in [0.15, 0.2) is 78.9 Å². The molecule has 5 rings (SSSR count). The maximum absolute atomic E-state index is 13.0. The molecular formula is C28H24N6O2. The Morgan fingerprint density at radius 3 is 2.53 bits per heavy atom. The Kier molecular flexibility index (Phi) is 6.20. The zero-order chi connectivity index (χ0) is 25.1. The second-order valence-corrected chi connectivity index (χ2v) is 8.29. The molecule has 2 heterocycles. The van der Waals surface area contributed by atoms with Gasteiger partial charge in [-0.1, -0.05) is 24.3 Å². The highest BCUT2D eigenvalue weighted by molar-refractivity contribution is 6.04. The van der Waals surface area contributed by atoms with Gasteiger partial charge in [0.25, 0.3) is 5.91 Å². The standard InChI is InChI=1S/C28H24N6O2/c1-3-36-23-14-12-22(13-15-23)27(35)31-26-16-19(2)32-34(26)28-30-24-6-4-5-7-25(24)33(28)18-21-10-8-20(17-29)9-11-21/h4-16H,3,18H2,1-2H3,(H,31,35). The van der Waals surface area contributed by atoms with Crippen molar-refractivity contribution in [3.05, 3.63) is 101 Å². The smallest absolute Gasteiger partial charge is 0.256 e. The summed E-state index contributed by atoms with van der Waals surface area (Å²) >= 11 is 0. The van der Waals surface area contributed by atoms with Crippen molar-refractivity contribution in [1.82, 2.24) is 19.3 Å². The molecule has 0 aliphatic heterocycles. The van der Waals surface area contributed by atoms with E-state index in [4.69, 9.17) is 15.0 Å². The lowest BCUT2D eigenvalue weighted by atomic mass is 10.1. The van der Waals surface area contributed by atoms with Gasteiger partial charge in [0.05, 0.1) is 41.5 Å². The monoisotopic (exact) mass is 476 g/mol. The Morgan fingerprint density at radius 2 is 1.81 bits per heavy atom. The number of para-hydroxylation sites is 2. The minimum Gasteiger partial charge on any atom is -0.494 e. The van der Waals surface area contributed by atoms with Gasteiger partial charge in [0, 0.05) is 11.6 Å². The first-order chi connectivity index (χ1) is 17.6. The summed E-state index contributed by atoms with van der Waals surface area (Å²) in [6.45, 7) is 4.87. The van der Waals surface area contributed by atoms with E-state index in [1.54, 1.807) is 41.1 Å². The lowest BCUT2D eigenvalue weighted by molar-refractivity contribution is 0.102. The molecule has 0 atom stereocenters. The highest BCUT2D eigenvalue weighted by Crippen LogP contribution is 2.24. The van der Waals surface area contributed by atoms with Crippen LogP contribution in [0.3, 0.4) is 0 Å². The first-order valence-corrected chi connectivity index (χ1v) is 11.6. The van der Waals surface area contributed by atoms with E-state index in [9.17, 15) is 4.79 Å². The van der Waals surface area contributed by atoms with Gasteiger partial charge >= 0.3 is 0 Å². The number of carbonyl (C=O) groups excluding carboxylic acids is 1.